The third kappa shape index (κ3) is 3.54. The number of aromatic nitrogens is 4. The molecule has 0 saturated heterocycles. The minimum atomic E-state index is -0.429. The van der Waals surface area contributed by atoms with Gasteiger partial charge in [-0.15, -0.1) is 11.3 Å². The summed E-state index contributed by atoms with van der Waals surface area (Å²) in [6, 6.07) is 10.1. The van der Waals surface area contributed by atoms with Gasteiger partial charge in [0.2, 0.25) is 0 Å². The number of amides is 1. The van der Waals surface area contributed by atoms with Crippen molar-refractivity contribution in [1.82, 2.24) is 19.7 Å². The van der Waals surface area contributed by atoms with Crippen molar-refractivity contribution in [3.05, 3.63) is 70.6 Å². The van der Waals surface area contributed by atoms with E-state index in [1.807, 2.05) is 24.4 Å². The summed E-state index contributed by atoms with van der Waals surface area (Å²) in [5, 5.41) is 9.46. The Morgan fingerprint density at radius 1 is 1.14 bits per heavy atom. The summed E-state index contributed by atoms with van der Waals surface area (Å²) in [5.74, 6) is -0.811. The van der Waals surface area contributed by atoms with Gasteiger partial charge >= 0.3 is 0 Å². The van der Waals surface area contributed by atoms with Crippen molar-refractivity contribution in [2.24, 2.45) is 7.05 Å². The van der Waals surface area contributed by atoms with E-state index in [0.717, 1.165) is 11.3 Å². The second-order valence-electron chi connectivity index (χ2n) is 6.57. The first-order chi connectivity index (χ1) is 14.0. The molecule has 3 heterocycles. The number of benzene rings is 1. The van der Waals surface area contributed by atoms with E-state index in [-0.39, 0.29) is 11.5 Å². The van der Waals surface area contributed by atoms with Crippen LogP contribution in [0.4, 0.5) is 9.52 Å². The first-order valence-corrected chi connectivity index (χ1v) is 9.81. The Balaban J connectivity index is 1.67. The van der Waals surface area contributed by atoms with Gasteiger partial charge in [-0.1, -0.05) is 18.2 Å². The fourth-order valence-corrected chi connectivity index (χ4v) is 3.77. The molecule has 0 aliphatic rings. The van der Waals surface area contributed by atoms with Gasteiger partial charge in [-0.3, -0.25) is 19.8 Å². The van der Waals surface area contributed by atoms with Crippen LogP contribution in [0.25, 0.3) is 22.6 Å². The van der Waals surface area contributed by atoms with E-state index in [9.17, 15) is 9.18 Å². The SMILES string of the molecule is Cc1cccnc1-c1csc(NC(=O)c2c(-c3ccccc3F)nn(C)c2C)n1. The maximum absolute atomic E-state index is 14.3. The highest BCUT2D eigenvalue weighted by molar-refractivity contribution is 7.14. The molecule has 146 valence electrons. The molecule has 0 aliphatic heterocycles. The van der Waals surface area contributed by atoms with Crippen LogP contribution in [0.2, 0.25) is 0 Å². The largest absolute Gasteiger partial charge is 0.298 e. The number of nitrogens with zero attached hydrogens (tertiary/aromatic N) is 4. The lowest BCUT2D eigenvalue weighted by molar-refractivity contribution is 0.102. The number of carbonyl (C=O) groups excluding carboxylic acids is 1. The lowest BCUT2D eigenvalue weighted by Gasteiger charge is -2.05. The molecule has 0 spiro atoms. The number of aryl methyl sites for hydroxylation is 2. The topological polar surface area (TPSA) is 72.7 Å². The zero-order valence-electron chi connectivity index (χ0n) is 16.1. The quantitative estimate of drug-likeness (QED) is 0.536. The maximum Gasteiger partial charge on any atom is 0.261 e. The van der Waals surface area contributed by atoms with Crippen molar-refractivity contribution in [1.29, 1.82) is 0 Å². The van der Waals surface area contributed by atoms with Gasteiger partial charge in [0, 0.05) is 29.9 Å². The molecular formula is C21H18FN5OS. The number of thiazole rings is 1. The molecule has 4 rings (SSSR count). The first-order valence-electron chi connectivity index (χ1n) is 8.93. The van der Waals surface area contributed by atoms with Gasteiger partial charge in [-0.25, -0.2) is 9.37 Å². The van der Waals surface area contributed by atoms with Crippen molar-refractivity contribution < 1.29 is 9.18 Å². The van der Waals surface area contributed by atoms with Gasteiger partial charge in [-0.05, 0) is 37.6 Å². The molecule has 29 heavy (non-hydrogen) atoms. The summed E-state index contributed by atoms with van der Waals surface area (Å²) in [4.78, 5) is 21.9. The number of halogens is 1. The lowest BCUT2D eigenvalue weighted by atomic mass is 10.1. The van der Waals surface area contributed by atoms with Crippen molar-refractivity contribution in [2.75, 3.05) is 5.32 Å². The number of pyridine rings is 1. The van der Waals surface area contributed by atoms with E-state index < -0.39 is 5.82 Å². The molecule has 8 heteroatoms. The highest BCUT2D eigenvalue weighted by atomic mass is 32.1. The average Bonchev–Trinajstić information content (AvgIpc) is 3.27. The zero-order valence-corrected chi connectivity index (χ0v) is 16.9. The van der Waals surface area contributed by atoms with Gasteiger partial charge in [0.1, 0.15) is 17.2 Å². The predicted octanol–water partition coefficient (Wildman–Crippen LogP) is 4.61. The summed E-state index contributed by atoms with van der Waals surface area (Å²) in [6.07, 6.45) is 1.71. The smallest absolute Gasteiger partial charge is 0.261 e. The second-order valence-corrected chi connectivity index (χ2v) is 7.43. The molecule has 0 aliphatic carbocycles. The number of nitrogens with one attached hydrogen (secondary N) is 1. The van der Waals surface area contributed by atoms with Crippen LogP contribution in [0.1, 0.15) is 21.6 Å². The Hall–Kier alpha value is -3.39. The van der Waals surface area contributed by atoms with Crippen LogP contribution < -0.4 is 5.32 Å². The Morgan fingerprint density at radius 3 is 2.69 bits per heavy atom. The zero-order chi connectivity index (χ0) is 20.5. The van der Waals surface area contributed by atoms with Gasteiger partial charge in [0.05, 0.1) is 11.3 Å². The lowest BCUT2D eigenvalue weighted by Crippen LogP contribution is -2.14. The van der Waals surface area contributed by atoms with Gasteiger partial charge in [-0.2, -0.15) is 5.10 Å². The molecule has 3 aromatic heterocycles. The van der Waals surface area contributed by atoms with Crippen LogP contribution in [-0.4, -0.2) is 25.7 Å². The number of rotatable bonds is 4. The summed E-state index contributed by atoms with van der Waals surface area (Å²) in [6.45, 7) is 3.73. The fourth-order valence-electron chi connectivity index (χ4n) is 3.08. The standard InChI is InChI=1S/C21H18FN5OS/c1-12-7-6-10-23-18(12)16-11-29-21(24-16)25-20(28)17-13(2)27(3)26-19(17)14-8-4-5-9-15(14)22/h4-11H,1-3H3,(H,24,25,28). The van der Waals surface area contributed by atoms with E-state index in [2.05, 4.69) is 20.4 Å². The molecular weight excluding hydrogens is 389 g/mol. The van der Waals surface area contributed by atoms with E-state index in [4.69, 9.17) is 0 Å². The second kappa shape index (κ2) is 7.56. The minimum Gasteiger partial charge on any atom is -0.298 e. The average molecular weight is 407 g/mol. The summed E-state index contributed by atoms with van der Waals surface area (Å²) < 4.78 is 15.9. The van der Waals surface area contributed by atoms with E-state index in [1.165, 1.54) is 17.4 Å². The molecule has 0 atom stereocenters. The minimum absolute atomic E-state index is 0.283. The Kier molecular flexibility index (Phi) is 4.94. The van der Waals surface area contributed by atoms with Crippen LogP contribution in [0.15, 0.2) is 48.0 Å². The third-order valence-electron chi connectivity index (χ3n) is 4.67. The third-order valence-corrected chi connectivity index (χ3v) is 5.42. The van der Waals surface area contributed by atoms with Crippen molar-refractivity contribution in [3.63, 3.8) is 0 Å². The predicted molar refractivity (Wildman–Crippen MR) is 111 cm³/mol. The highest BCUT2D eigenvalue weighted by Crippen LogP contribution is 2.30. The molecule has 1 amide bonds. The van der Waals surface area contributed by atoms with E-state index in [0.29, 0.717) is 27.8 Å². The van der Waals surface area contributed by atoms with Crippen LogP contribution >= 0.6 is 11.3 Å². The highest BCUT2D eigenvalue weighted by Gasteiger charge is 2.24. The van der Waals surface area contributed by atoms with Crippen molar-refractivity contribution in [2.45, 2.75) is 13.8 Å². The van der Waals surface area contributed by atoms with E-state index in [1.54, 1.807) is 43.0 Å². The Labute approximate surface area is 171 Å². The van der Waals surface area contributed by atoms with Gasteiger partial charge in [0.25, 0.3) is 5.91 Å². The molecule has 1 N–H and O–H groups in total. The molecule has 0 bridgehead atoms. The molecule has 0 unspecified atom stereocenters. The normalized spacial score (nSPS) is 10.9. The van der Waals surface area contributed by atoms with Gasteiger partial charge < -0.3 is 0 Å². The van der Waals surface area contributed by atoms with Crippen molar-refractivity contribution in [3.8, 4) is 22.6 Å². The van der Waals surface area contributed by atoms with Crippen LogP contribution in [0.5, 0.6) is 0 Å². The Morgan fingerprint density at radius 2 is 1.93 bits per heavy atom. The molecule has 0 fully saturated rings. The molecule has 4 aromatic rings. The molecule has 6 nitrogen and oxygen atoms in total. The summed E-state index contributed by atoms with van der Waals surface area (Å²) >= 11 is 1.31. The summed E-state index contributed by atoms with van der Waals surface area (Å²) in [5.41, 5.74) is 4.01. The molecule has 1 aromatic carbocycles. The first kappa shape index (κ1) is 18.9. The number of carbonyl (C=O) groups is 1. The number of hydrogen-bond acceptors (Lipinski definition) is 5. The fraction of sp³-hybridized carbons (Fsp3) is 0.143. The van der Waals surface area contributed by atoms with E-state index >= 15 is 0 Å². The Bertz CT molecular complexity index is 1210. The molecule has 0 radical (unpaired) electrons. The summed E-state index contributed by atoms with van der Waals surface area (Å²) in [7, 11) is 1.72. The van der Waals surface area contributed by atoms with Crippen LogP contribution in [-0.2, 0) is 7.05 Å². The van der Waals surface area contributed by atoms with Gasteiger partial charge in [0.15, 0.2) is 5.13 Å². The van der Waals surface area contributed by atoms with Crippen LogP contribution in [0, 0.1) is 19.7 Å². The number of anilines is 1. The number of hydrogen-bond donors (Lipinski definition) is 1. The maximum atomic E-state index is 14.3. The van der Waals surface area contributed by atoms with Crippen LogP contribution in [0.3, 0.4) is 0 Å². The molecule has 0 saturated carbocycles. The monoisotopic (exact) mass is 407 g/mol. The van der Waals surface area contributed by atoms with Crippen molar-refractivity contribution >= 4 is 22.4 Å².